The monoisotopic (exact) mass is 466 g/mol. The molecule has 0 radical (unpaired) electrons. The van der Waals surface area contributed by atoms with Gasteiger partial charge >= 0.3 is 0 Å². The fraction of sp³-hybridized carbons (Fsp3) is 0.167. The lowest BCUT2D eigenvalue weighted by Gasteiger charge is -2.15. The van der Waals surface area contributed by atoms with E-state index >= 15 is 0 Å². The summed E-state index contributed by atoms with van der Waals surface area (Å²) < 4.78 is 28.5. The van der Waals surface area contributed by atoms with Gasteiger partial charge in [-0.15, -0.1) is 0 Å². The van der Waals surface area contributed by atoms with Gasteiger partial charge in [-0.1, -0.05) is 55.8 Å². The highest BCUT2D eigenvalue weighted by molar-refractivity contribution is 7.92. The minimum atomic E-state index is -3.92. The highest BCUT2D eigenvalue weighted by Gasteiger charge is 2.19. The number of aromatic nitrogens is 2. The van der Waals surface area contributed by atoms with Crippen molar-refractivity contribution >= 4 is 50.0 Å². The Kier molecular flexibility index (Phi) is 6.30. The highest BCUT2D eigenvalue weighted by Crippen LogP contribution is 2.28. The SMILES string of the molecule is CC[C@H](C)c1ccc(Nc2nc3ccccc3nc2NS(=O)(=O)c2cccc(Cl)c2)cc1. The minimum Gasteiger partial charge on any atom is -0.337 e. The third-order valence-corrected chi connectivity index (χ3v) is 6.83. The van der Waals surface area contributed by atoms with Crippen LogP contribution in [0.1, 0.15) is 31.7 Å². The van der Waals surface area contributed by atoms with Gasteiger partial charge in [-0.25, -0.2) is 18.4 Å². The van der Waals surface area contributed by atoms with E-state index in [9.17, 15) is 8.42 Å². The van der Waals surface area contributed by atoms with Crippen LogP contribution in [-0.4, -0.2) is 18.4 Å². The van der Waals surface area contributed by atoms with Crippen molar-refractivity contribution in [3.8, 4) is 0 Å². The minimum absolute atomic E-state index is 0.0452. The molecule has 0 fully saturated rings. The molecule has 0 saturated carbocycles. The van der Waals surface area contributed by atoms with Crippen LogP contribution in [0.4, 0.5) is 17.3 Å². The molecule has 1 heterocycles. The molecule has 0 bridgehead atoms. The number of rotatable bonds is 7. The van der Waals surface area contributed by atoms with Crippen LogP contribution in [0, 0.1) is 0 Å². The molecule has 32 heavy (non-hydrogen) atoms. The number of nitrogens with one attached hydrogen (secondary N) is 2. The third kappa shape index (κ3) is 4.84. The Morgan fingerprint density at radius 2 is 1.56 bits per heavy atom. The number of fused-ring (bicyclic) bond motifs is 1. The fourth-order valence-electron chi connectivity index (χ4n) is 3.25. The number of hydrogen-bond donors (Lipinski definition) is 2. The molecule has 2 N–H and O–H groups in total. The van der Waals surface area contributed by atoms with Gasteiger partial charge in [0.2, 0.25) is 0 Å². The first-order valence-electron chi connectivity index (χ1n) is 10.3. The van der Waals surface area contributed by atoms with Crippen molar-refractivity contribution in [1.82, 2.24) is 9.97 Å². The molecule has 8 heteroatoms. The molecule has 0 saturated heterocycles. The number of halogens is 1. The van der Waals surface area contributed by atoms with Gasteiger partial charge in [0.15, 0.2) is 11.6 Å². The average molecular weight is 467 g/mol. The van der Waals surface area contributed by atoms with Crippen molar-refractivity contribution < 1.29 is 8.42 Å². The van der Waals surface area contributed by atoms with Crippen molar-refractivity contribution in [1.29, 1.82) is 0 Å². The summed E-state index contributed by atoms with van der Waals surface area (Å²) >= 11 is 5.98. The van der Waals surface area contributed by atoms with Crippen LogP contribution in [0.15, 0.2) is 77.7 Å². The van der Waals surface area contributed by atoms with Gasteiger partial charge in [-0.3, -0.25) is 4.72 Å². The van der Waals surface area contributed by atoms with E-state index in [1.54, 1.807) is 18.2 Å². The van der Waals surface area contributed by atoms with Gasteiger partial charge in [0, 0.05) is 10.7 Å². The van der Waals surface area contributed by atoms with Gasteiger partial charge in [0.05, 0.1) is 15.9 Å². The number of nitrogens with zero attached hydrogens (tertiary/aromatic N) is 2. The van der Waals surface area contributed by atoms with E-state index < -0.39 is 10.0 Å². The molecule has 6 nitrogen and oxygen atoms in total. The second-order valence-corrected chi connectivity index (χ2v) is 9.65. The van der Waals surface area contributed by atoms with Crippen LogP contribution in [0.25, 0.3) is 11.0 Å². The number of anilines is 3. The summed E-state index contributed by atoms with van der Waals surface area (Å²) in [5, 5.41) is 3.54. The second-order valence-electron chi connectivity index (χ2n) is 7.53. The van der Waals surface area contributed by atoms with Crippen LogP contribution < -0.4 is 10.0 Å². The lowest BCUT2D eigenvalue weighted by Crippen LogP contribution is -2.16. The second kappa shape index (κ2) is 9.14. The molecule has 164 valence electrons. The van der Waals surface area contributed by atoms with Crippen LogP contribution in [0.3, 0.4) is 0 Å². The van der Waals surface area contributed by atoms with Crippen LogP contribution in [0.2, 0.25) is 5.02 Å². The van der Waals surface area contributed by atoms with Crippen molar-refractivity contribution in [2.24, 2.45) is 0 Å². The largest absolute Gasteiger partial charge is 0.337 e. The Morgan fingerprint density at radius 3 is 2.19 bits per heavy atom. The van der Waals surface area contributed by atoms with Gasteiger partial charge in [-0.05, 0) is 60.4 Å². The first-order valence-corrected chi connectivity index (χ1v) is 12.1. The predicted octanol–water partition coefficient (Wildman–Crippen LogP) is 6.34. The van der Waals surface area contributed by atoms with Gasteiger partial charge < -0.3 is 5.32 Å². The first kappa shape index (κ1) is 22.0. The maximum absolute atomic E-state index is 13.0. The normalized spacial score (nSPS) is 12.5. The van der Waals surface area contributed by atoms with Crippen LogP contribution in [0.5, 0.6) is 0 Å². The maximum atomic E-state index is 13.0. The Balaban J connectivity index is 1.72. The molecular formula is C24H23ClN4O2S. The van der Waals surface area contributed by atoms with E-state index in [1.165, 1.54) is 17.7 Å². The molecule has 0 spiro atoms. The van der Waals surface area contributed by atoms with E-state index in [2.05, 4.69) is 46.0 Å². The topological polar surface area (TPSA) is 84.0 Å². The van der Waals surface area contributed by atoms with Crippen molar-refractivity contribution in [3.63, 3.8) is 0 Å². The van der Waals surface area contributed by atoms with Crippen molar-refractivity contribution in [2.45, 2.75) is 31.1 Å². The summed E-state index contributed by atoms with van der Waals surface area (Å²) in [5.74, 6) is 0.879. The molecule has 1 atom stereocenters. The predicted molar refractivity (Wildman–Crippen MR) is 130 cm³/mol. The number of benzene rings is 3. The Labute approximate surface area is 192 Å². The summed E-state index contributed by atoms with van der Waals surface area (Å²) in [6.07, 6.45) is 1.05. The molecule has 0 aliphatic carbocycles. The molecule has 0 aliphatic rings. The zero-order valence-corrected chi connectivity index (χ0v) is 19.3. The van der Waals surface area contributed by atoms with Crippen LogP contribution in [-0.2, 0) is 10.0 Å². The molecule has 3 aromatic carbocycles. The molecule has 0 amide bonds. The summed E-state index contributed by atoms with van der Waals surface area (Å²) in [6, 6.07) is 21.4. The lowest BCUT2D eigenvalue weighted by molar-refractivity contribution is 0.601. The summed E-state index contributed by atoms with van der Waals surface area (Å²) in [5.41, 5.74) is 3.25. The summed E-state index contributed by atoms with van der Waals surface area (Å²) in [6.45, 7) is 4.33. The van der Waals surface area contributed by atoms with Crippen LogP contribution >= 0.6 is 11.6 Å². The molecular weight excluding hydrogens is 444 g/mol. The Hall–Kier alpha value is -3.16. The smallest absolute Gasteiger partial charge is 0.263 e. The number of para-hydroxylation sites is 2. The van der Waals surface area contributed by atoms with Gasteiger partial charge in [0.25, 0.3) is 10.0 Å². The van der Waals surface area contributed by atoms with E-state index in [0.29, 0.717) is 27.8 Å². The van der Waals surface area contributed by atoms with E-state index in [1.807, 2.05) is 30.3 Å². The Morgan fingerprint density at radius 1 is 0.906 bits per heavy atom. The van der Waals surface area contributed by atoms with Gasteiger partial charge in [0.1, 0.15) is 0 Å². The molecule has 0 aliphatic heterocycles. The van der Waals surface area contributed by atoms with E-state index in [4.69, 9.17) is 11.6 Å². The average Bonchev–Trinajstić information content (AvgIpc) is 2.79. The number of hydrogen-bond acceptors (Lipinski definition) is 5. The van der Waals surface area contributed by atoms with E-state index in [-0.39, 0.29) is 10.7 Å². The van der Waals surface area contributed by atoms with E-state index in [0.717, 1.165) is 12.1 Å². The zero-order valence-electron chi connectivity index (χ0n) is 17.7. The highest BCUT2D eigenvalue weighted by atomic mass is 35.5. The Bertz CT molecular complexity index is 1360. The quantitative estimate of drug-likeness (QED) is 0.332. The lowest BCUT2D eigenvalue weighted by atomic mass is 9.99. The third-order valence-electron chi connectivity index (χ3n) is 5.26. The number of sulfonamides is 1. The molecule has 1 aromatic heterocycles. The zero-order chi connectivity index (χ0) is 22.7. The van der Waals surface area contributed by atoms with Crippen molar-refractivity contribution in [2.75, 3.05) is 10.0 Å². The van der Waals surface area contributed by atoms with Crippen molar-refractivity contribution in [3.05, 3.63) is 83.4 Å². The van der Waals surface area contributed by atoms with Gasteiger partial charge in [-0.2, -0.15) is 0 Å². The first-order chi connectivity index (χ1) is 15.4. The summed E-state index contributed by atoms with van der Waals surface area (Å²) in [4.78, 5) is 9.17. The summed E-state index contributed by atoms with van der Waals surface area (Å²) in [7, 11) is -3.92. The molecule has 0 unspecified atom stereocenters. The maximum Gasteiger partial charge on any atom is 0.263 e. The molecule has 4 rings (SSSR count). The standard InChI is InChI=1S/C24H23ClN4O2S/c1-3-16(2)17-11-13-19(14-12-17)26-23-24(28-22-10-5-4-9-21(22)27-23)29-32(30,31)20-8-6-7-18(25)15-20/h4-16H,3H2,1-2H3,(H,26,27)(H,28,29)/t16-/m0/s1. The fourth-order valence-corrected chi connectivity index (χ4v) is 4.56. The molecule has 4 aromatic rings.